The Labute approximate surface area is 203 Å². The first-order chi connectivity index (χ1) is 17.1. The molecule has 2 aromatic heterocycles. The number of aromatic nitrogens is 3. The molecule has 2 amide bonds. The Kier molecular flexibility index (Phi) is 5.28. The summed E-state index contributed by atoms with van der Waals surface area (Å²) < 4.78 is 7.46. The molecule has 35 heavy (non-hydrogen) atoms. The molecule has 2 aliphatic heterocycles. The van der Waals surface area contributed by atoms with Crippen LogP contribution in [0.4, 0.5) is 0 Å². The molecular formula is C27H27N5O3. The number of imidazole rings is 1. The number of para-hydroxylation sites is 1. The van der Waals surface area contributed by atoms with E-state index in [1.165, 1.54) is 0 Å². The zero-order valence-corrected chi connectivity index (χ0v) is 19.6. The Morgan fingerprint density at radius 3 is 2.83 bits per heavy atom. The molecule has 0 radical (unpaired) electrons. The Balaban J connectivity index is 1.38. The molecule has 2 aromatic carbocycles. The van der Waals surface area contributed by atoms with Crippen molar-refractivity contribution in [1.29, 1.82) is 0 Å². The minimum Gasteiger partial charge on any atom is -0.497 e. The molecule has 1 saturated heterocycles. The molecule has 8 nitrogen and oxygen atoms in total. The van der Waals surface area contributed by atoms with Gasteiger partial charge in [-0.2, -0.15) is 0 Å². The van der Waals surface area contributed by atoms with E-state index in [2.05, 4.69) is 16.0 Å². The van der Waals surface area contributed by atoms with Gasteiger partial charge in [-0.25, -0.2) is 4.98 Å². The molecule has 4 aromatic rings. The number of fused-ring (bicyclic) bond motifs is 4. The second-order valence-corrected chi connectivity index (χ2v) is 9.18. The highest BCUT2D eigenvalue weighted by molar-refractivity contribution is 5.97. The van der Waals surface area contributed by atoms with Gasteiger partial charge in [-0.15, -0.1) is 0 Å². The van der Waals surface area contributed by atoms with Gasteiger partial charge in [-0.3, -0.25) is 9.59 Å². The fourth-order valence-electron chi connectivity index (χ4n) is 5.53. The van der Waals surface area contributed by atoms with Crippen molar-refractivity contribution < 1.29 is 14.3 Å². The van der Waals surface area contributed by atoms with E-state index in [1.807, 2.05) is 53.2 Å². The average Bonchev–Trinajstić information content (AvgIpc) is 3.53. The highest BCUT2D eigenvalue weighted by Crippen LogP contribution is 2.43. The van der Waals surface area contributed by atoms with Crippen LogP contribution >= 0.6 is 0 Å². The van der Waals surface area contributed by atoms with Crippen molar-refractivity contribution in [2.24, 2.45) is 0 Å². The lowest BCUT2D eigenvalue weighted by Gasteiger charge is -2.47. The van der Waals surface area contributed by atoms with Crippen LogP contribution in [0.3, 0.4) is 0 Å². The van der Waals surface area contributed by atoms with Gasteiger partial charge in [0.2, 0.25) is 11.8 Å². The lowest BCUT2D eigenvalue weighted by atomic mass is 9.86. The summed E-state index contributed by atoms with van der Waals surface area (Å²) in [5.74, 6) is 0.701. The van der Waals surface area contributed by atoms with Crippen LogP contribution in [0.5, 0.6) is 5.75 Å². The van der Waals surface area contributed by atoms with Crippen LogP contribution in [0.25, 0.3) is 10.9 Å². The van der Waals surface area contributed by atoms with Gasteiger partial charge < -0.3 is 24.1 Å². The quantitative estimate of drug-likeness (QED) is 0.470. The summed E-state index contributed by atoms with van der Waals surface area (Å²) >= 11 is 0. The zero-order chi connectivity index (χ0) is 23.9. The number of hydrogen-bond acceptors (Lipinski definition) is 4. The SMILES string of the molecule is COc1cccc([C@@H]2c3[nH]c4ccccc4c3C[C@H]3C(=O)N(CCCn4ccnc4)CC(=O)N23)c1. The van der Waals surface area contributed by atoms with Crippen LogP contribution < -0.4 is 4.74 Å². The lowest BCUT2D eigenvalue weighted by Crippen LogP contribution is -2.63. The Morgan fingerprint density at radius 1 is 1.11 bits per heavy atom. The van der Waals surface area contributed by atoms with Gasteiger partial charge in [0, 0.05) is 48.5 Å². The largest absolute Gasteiger partial charge is 0.497 e. The predicted molar refractivity (Wildman–Crippen MR) is 131 cm³/mol. The second kappa shape index (κ2) is 8.61. The number of rotatable bonds is 6. The van der Waals surface area contributed by atoms with Gasteiger partial charge in [0.05, 0.1) is 26.0 Å². The normalized spacial score (nSPS) is 19.7. The highest BCUT2D eigenvalue weighted by atomic mass is 16.5. The van der Waals surface area contributed by atoms with E-state index in [0.29, 0.717) is 13.0 Å². The molecule has 0 spiro atoms. The maximum atomic E-state index is 13.7. The fourth-order valence-corrected chi connectivity index (χ4v) is 5.53. The fraction of sp³-hybridized carbons (Fsp3) is 0.296. The van der Waals surface area contributed by atoms with Crippen LogP contribution in [-0.4, -0.2) is 62.4 Å². The van der Waals surface area contributed by atoms with Crippen molar-refractivity contribution in [3.63, 3.8) is 0 Å². The van der Waals surface area contributed by atoms with Gasteiger partial charge in [-0.05, 0) is 35.7 Å². The Bertz CT molecular complexity index is 1390. The second-order valence-electron chi connectivity index (χ2n) is 9.18. The molecule has 8 heteroatoms. The smallest absolute Gasteiger partial charge is 0.246 e. The molecule has 1 fully saturated rings. The summed E-state index contributed by atoms with van der Waals surface area (Å²) in [6.45, 7) is 1.39. The number of piperazine rings is 1. The van der Waals surface area contributed by atoms with E-state index >= 15 is 0 Å². The first-order valence-corrected chi connectivity index (χ1v) is 11.9. The van der Waals surface area contributed by atoms with Crippen LogP contribution in [0, 0.1) is 0 Å². The van der Waals surface area contributed by atoms with Crippen molar-refractivity contribution >= 4 is 22.7 Å². The van der Waals surface area contributed by atoms with E-state index in [-0.39, 0.29) is 24.4 Å². The third-order valence-corrected chi connectivity index (χ3v) is 7.16. The summed E-state index contributed by atoms with van der Waals surface area (Å²) in [5, 5.41) is 1.10. The average molecular weight is 470 g/mol. The summed E-state index contributed by atoms with van der Waals surface area (Å²) in [5.41, 5.74) is 4.03. The molecule has 0 unspecified atom stereocenters. The third kappa shape index (κ3) is 3.65. The van der Waals surface area contributed by atoms with Crippen molar-refractivity contribution in [3.05, 3.63) is 84.1 Å². The third-order valence-electron chi connectivity index (χ3n) is 7.16. The minimum atomic E-state index is -0.535. The predicted octanol–water partition coefficient (Wildman–Crippen LogP) is 3.15. The van der Waals surface area contributed by atoms with E-state index in [1.54, 1.807) is 29.4 Å². The lowest BCUT2D eigenvalue weighted by molar-refractivity contribution is -0.158. The van der Waals surface area contributed by atoms with Crippen LogP contribution in [0.15, 0.2) is 67.3 Å². The topological polar surface area (TPSA) is 83.5 Å². The van der Waals surface area contributed by atoms with Gasteiger partial charge in [0.15, 0.2) is 0 Å². The molecule has 2 aliphatic rings. The number of ether oxygens (including phenoxy) is 1. The summed E-state index contributed by atoms with van der Waals surface area (Å²) in [7, 11) is 1.63. The zero-order valence-electron chi connectivity index (χ0n) is 19.6. The maximum Gasteiger partial charge on any atom is 0.246 e. The number of benzene rings is 2. The van der Waals surface area contributed by atoms with Crippen molar-refractivity contribution in [2.75, 3.05) is 20.2 Å². The first kappa shape index (κ1) is 21.5. The van der Waals surface area contributed by atoms with E-state index in [9.17, 15) is 9.59 Å². The molecule has 0 aliphatic carbocycles. The van der Waals surface area contributed by atoms with Crippen molar-refractivity contribution in [1.82, 2.24) is 24.3 Å². The van der Waals surface area contributed by atoms with Gasteiger partial charge in [-0.1, -0.05) is 30.3 Å². The molecule has 0 bridgehead atoms. The molecule has 4 heterocycles. The minimum absolute atomic E-state index is 0.0130. The van der Waals surface area contributed by atoms with E-state index in [4.69, 9.17) is 4.74 Å². The highest BCUT2D eigenvalue weighted by Gasteiger charge is 2.48. The molecule has 1 N–H and O–H groups in total. The number of nitrogens with one attached hydrogen (secondary N) is 1. The summed E-state index contributed by atoms with van der Waals surface area (Å²) in [6.07, 6.45) is 6.68. The number of nitrogens with zero attached hydrogens (tertiary/aromatic N) is 4. The number of aromatic amines is 1. The number of aryl methyl sites for hydroxylation is 1. The molecule has 6 rings (SSSR count). The number of carbonyl (C=O) groups is 2. The molecule has 0 saturated carbocycles. The molecular weight excluding hydrogens is 442 g/mol. The number of carbonyl (C=O) groups excluding carboxylic acids is 2. The van der Waals surface area contributed by atoms with Gasteiger partial charge in [0.1, 0.15) is 11.8 Å². The number of hydrogen-bond donors (Lipinski definition) is 1. The van der Waals surface area contributed by atoms with E-state index < -0.39 is 6.04 Å². The van der Waals surface area contributed by atoms with E-state index in [0.717, 1.165) is 46.4 Å². The van der Waals surface area contributed by atoms with Gasteiger partial charge >= 0.3 is 0 Å². The van der Waals surface area contributed by atoms with Gasteiger partial charge in [0.25, 0.3) is 0 Å². The monoisotopic (exact) mass is 469 g/mol. The summed E-state index contributed by atoms with van der Waals surface area (Å²) in [6, 6.07) is 15.0. The number of methoxy groups -OCH3 is 1. The Morgan fingerprint density at radius 2 is 2.00 bits per heavy atom. The Hall–Kier alpha value is -4.07. The standard InChI is InChI=1S/C27H27N5O3/c1-35-19-7-4-6-18(14-19)26-25-21(20-8-2-3-9-22(20)29-25)15-23-27(34)31(16-24(33)32(23)26)12-5-11-30-13-10-28-17-30/h2-4,6-10,13-14,17,23,26,29H,5,11-12,15-16H2,1H3/t23-,26+/m0/s1. The number of H-pyrrole nitrogens is 1. The maximum absolute atomic E-state index is 13.7. The molecule has 2 atom stereocenters. The first-order valence-electron chi connectivity index (χ1n) is 11.9. The van der Waals surface area contributed by atoms with Crippen LogP contribution in [-0.2, 0) is 22.6 Å². The molecule has 178 valence electrons. The summed E-state index contributed by atoms with van der Waals surface area (Å²) in [4.78, 5) is 38.5. The van der Waals surface area contributed by atoms with Crippen LogP contribution in [0.2, 0.25) is 0 Å². The van der Waals surface area contributed by atoms with Crippen molar-refractivity contribution in [3.8, 4) is 5.75 Å². The van der Waals surface area contributed by atoms with Crippen LogP contribution in [0.1, 0.15) is 29.3 Å². The van der Waals surface area contributed by atoms with Crippen molar-refractivity contribution in [2.45, 2.75) is 31.5 Å². The number of amides is 2.